The maximum atomic E-state index is 11.0. The molecule has 0 saturated carbocycles. The number of rotatable bonds is 5. The van der Waals surface area contributed by atoms with E-state index < -0.39 is 5.97 Å². The highest BCUT2D eigenvalue weighted by Gasteiger charge is 2.12. The van der Waals surface area contributed by atoms with Gasteiger partial charge in [0.2, 0.25) is 0 Å². The highest BCUT2D eigenvalue weighted by Crippen LogP contribution is 2.26. The third-order valence-electron chi connectivity index (χ3n) is 2.51. The van der Waals surface area contributed by atoms with Crippen molar-refractivity contribution >= 4 is 27.6 Å². The van der Waals surface area contributed by atoms with Crippen LogP contribution in [0.5, 0.6) is 0 Å². The molecule has 0 atom stereocenters. The van der Waals surface area contributed by atoms with Crippen LogP contribution in [0.1, 0.15) is 29.3 Å². The van der Waals surface area contributed by atoms with E-state index in [1.165, 1.54) is 6.07 Å². The average Bonchev–Trinajstić information content (AvgIpc) is 2.24. The van der Waals surface area contributed by atoms with Crippen LogP contribution < -0.4 is 5.73 Å². The predicted octanol–water partition coefficient (Wildman–Crippen LogP) is 2.57. The minimum atomic E-state index is -0.940. The van der Waals surface area contributed by atoms with Crippen molar-refractivity contribution in [3.63, 3.8) is 0 Å². The second-order valence-corrected chi connectivity index (χ2v) is 4.93. The highest BCUT2D eigenvalue weighted by molar-refractivity contribution is 9.10. The van der Waals surface area contributed by atoms with Gasteiger partial charge < -0.3 is 15.7 Å². The first kappa shape index (κ1) is 14.0. The van der Waals surface area contributed by atoms with Crippen LogP contribution in [0, 0.1) is 0 Å². The molecule has 0 spiro atoms. The first-order valence-corrected chi connectivity index (χ1v) is 6.24. The van der Waals surface area contributed by atoms with Crippen molar-refractivity contribution in [1.82, 2.24) is 4.90 Å². The number of aromatic carboxylic acids is 1. The van der Waals surface area contributed by atoms with Crippen LogP contribution in [0.15, 0.2) is 16.6 Å². The Morgan fingerprint density at radius 1 is 1.53 bits per heavy atom. The summed E-state index contributed by atoms with van der Waals surface area (Å²) >= 11 is 3.29. The fourth-order valence-corrected chi connectivity index (χ4v) is 2.18. The molecule has 3 N–H and O–H groups in total. The summed E-state index contributed by atoms with van der Waals surface area (Å²) in [5, 5.41) is 8.99. The van der Waals surface area contributed by atoms with Gasteiger partial charge in [-0.3, -0.25) is 0 Å². The van der Waals surface area contributed by atoms with E-state index in [0.717, 1.165) is 18.5 Å². The van der Waals surface area contributed by atoms with Crippen LogP contribution >= 0.6 is 15.9 Å². The Labute approximate surface area is 110 Å². The van der Waals surface area contributed by atoms with E-state index in [2.05, 4.69) is 27.8 Å². The molecule has 1 aromatic carbocycles. The van der Waals surface area contributed by atoms with Gasteiger partial charge in [0.05, 0.1) is 11.3 Å². The molecule has 1 aromatic rings. The Morgan fingerprint density at radius 2 is 2.18 bits per heavy atom. The number of carbonyl (C=O) groups is 1. The summed E-state index contributed by atoms with van der Waals surface area (Å²) in [6.07, 6.45) is 1.05. The predicted molar refractivity (Wildman–Crippen MR) is 72.1 cm³/mol. The standard InChI is InChI=1S/C12H17BrN2O2/c1-3-4-15(2)7-9-5-8(12(16)17)6-10(13)11(9)14/h5-6H,3-4,7,14H2,1-2H3,(H,16,17). The number of nitrogen functional groups attached to an aromatic ring is 1. The highest BCUT2D eigenvalue weighted by atomic mass is 79.9. The van der Waals surface area contributed by atoms with Gasteiger partial charge in [0.25, 0.3) is 0 Å². The molecule has 1 rings (SSSR count). The Bertz CT molecular complexity index is 421. The SMILES string of the molecule is CCCN(C)Cc1cc(C(=O)O)cc(Br)c1N. The van der Waals surface area contributed by atoms with Crippen LogP contribution in [0.2, 0.25) is 0 Å². The monoisotopic (exact) mass is 300 g/mol. The summed E-state index contributed by atoms with van der Waals surface area (Å²) in [5.41, 5.74) is 7.63. The summed E-state index contributed by atoms with van der Waals surface area (Å²) in [4.78, 5) is 13.1. The first-order chi connectivity index (χ1) is 7.95. The molecule has 17 heavy (non-hydrogen) atoms. The van der Waals surface area contributed by atoms with Gasteiger partial charge in [-0.15, -0.1) is 0 Å². The number of hydrogen-bond donors (Lipinski definition) is 2. The van der Waals surface area contributed by atoms with E-state index in [-0.39, 0.29) is 5.56 Å². The number of hydrogen-bond acceptors (Lipinski definition) is 3. The molecule has 0 saturated heterocycles. The van der Waals surface area contributed by atoms with Crippen molar-refractivity contribution in [2.45, 2.75) is 19.9 Å². The van der Waals surface area contributed by atoms with E-state index in [0.29, 0.717) is 16.7 Å². The maximum Gasteiger partial charge on any atom is 0.335 e. The molecule has 0 radical (unpaired) electrons. The molecule has 0 bridgehead atoms. The fraction of sp³-hybridized carbons (Fsp3) is 0.417. The van der Waals surface area contributed by atoms with Crippen molar-refractivity contribution < 1.29 is 9.90 Å². The van der Waals surface area contributed by atoms with Crippen LogP contribution in [0.3, 0.4) is 0 Å². The molecule has 0 aliphatic heterocycles. The molecule has 4 nitrogen and oxygen atoms in total. The van der Waals surface area contributed by atoms with Gasteiger partial charge in [-0.2, -0.15) is 0 Å². The fourth-order valence-electron chi connectivity index (χ4n) is 1.68. The topological polar surface area (TPSA) is 66.6 Å². The number of anilines is 1. The maximum absolute atomic E-state index is 11.0. The van der Waals surface area contributed by atoms with Crippen molar-refractivity contribution in [2.75, 3.05) is 19.3 Å². The first-order valence-electron chi connectivity index (χ1n) is 5.45. The Hall–Kier alpha value is -1.07. The van der Waals surface area contributed by atoms with Crippen LogP contribution in [0.25, 0.3) is 0 Å². The zero-order valence-corrected chi connectivity index (χ0v) is 11.6. The number of carboxylic acids is 1. The third-order valence-corrected chi connectivity index (χ3v) is 3.16. The van der Waals surface area contributed by atoms with Gasteiger partial charge >= 0.3 is 5.97 Å². The van der Waals surface area contributed by atoms with Gasteiger partial charge in [-0.25, -0.2) is 4.79 Å². The minimum Gasteiger partial charge on any atom is -0.478 e. The summed E-state index contributed by atoms with van der Waals surface area (Å²) in [6, 6.07) is 3.16. The molecule has 0 heterocycles. The van der Waals surface area contributed by atoms with Crippen molar-refractivity contribution in [3.05, 3.63) is 27.7 Å². The summed E-state index contributed by atoms with van der Waals surface area (Å²) in [7, 11) is 1.99. The molecule has 0 aliphatic carbocycles. The molecular formula is C12H17BrN2O2. The second-order valence-electron chi connectivity index (χ2n) is 4.07. The smallest absolute Gasteiger partial charge is 0.335 e. The van der Waals surface area contributed by atoms with Gasteiger partial charge in [0, 0.05) is 11.0 Å². The van der Waals surface area contributed by atoms with Crippen LogP contribution in [-0.2, 0) is 6.54 Å². The van der Waals surface area contributed by atoms with Gasteiger partial charge in [0.1, 0.15) is 0 Å². The van der Waals surface area contributed by atoms with Crippen LogP contribution in [0.4, 0.5) is 5.69 Å². The lowest BCUT2D eigenvalue weighted by Crippen LogP contribution is -2.19. The number of benzene rings is 1. The van der Waals surface area contributed by atoms with Gasteiger partial charge in [0.15, 0.2) is 0 Å². The molecular weight excluding hydrogens is 284 g/mol. The Kier molecular flexibility index (Phi) is 4.96. The summed E-state index contributed by atoms with van der Waals surface area (Å²) < 4.78 is 0.636. The van der Waals surface area contributed by atoms with E-state index in [1.54, 1.807) is 6.07 Å². The van der Waals surface area contributed by atoms with Crippen LogP contribution in [-0.4, -0.2) is 29.6 Å². The van der Waals surface area contributed by atoms with Crippen molar-refractivity contribution in [2.24, 2.45) is 0 Å². The Balaban J connectivity index is 3.01. The number of halogens is 1. The number of nitrogens with two attached hydrogens (primary N) is 1. The summed E-state index contributed by atoms with van der Waals surface area (Å²) in [6.45, 7) is 3.71. The molecule has 0 aliphatic rings. The van der Waals surface area contributed by atoms with E-state index in [1.807, 2.05) is 7.05 Å². The molecule has 0 fully saturated rings. The van der Waals surface area contributed by atoms with Crippen molar-refractivity contribution in [1.29, 1.82) is 0 Å². The zero-order chi connectivity index (χ0) is 13.0. The van der Waals surface area contributed by atoms with Crippen molar-refractivity contribution in [3.8, 4) is 0 Å². The molecule has 5 heteroatoms. The lowest BCUT2D eigenvalue weighted by Gasteiger charge is -2.17. The summed E-state index contributed by atoms with van der Waals surface area (Å²) in [5.74, 6) is -0.940. The zero-order valence-electron chi connectivity index (χ0n) is 10.0. The van der Waals surface area contributed by atoms with Gasteiger partial charge in [-0.05, 0) is 53.6 Å². The van der Waals surface area contributed by atoms with E-state index in [9.17, 15) is 4.79 Å². The lowest BCUT2D eigenvalue weighted by molar-refractivity contribution is 0.0696. The number of nitrogens with zero attached hydrogens (tertiary/aromatic N) is 1. The normalized spacial score (nSPS) is 10.8. The average molecular weight is 301 g/mol. The third kappa shape index (κ3) is 3.71. The lowest BCUT2D eigenvalue weighted by atomic mass is 10.1. The molecule has 0 aromatic heterocycles. The number of carboxylic acid groups (broad SMARTS) is 1. The largest absolute Gasteiger partial charge is 0.478 e. The molecule has 94 valence electrons. The second kappa shape index (κ2) is 6.02. The van der Waals surface area contributed by atoms with Gasteiger partial charge in [-0.1, -0.05) is 6.92 Å². The molecule has 0 amide bonds. The van der Waals surface area contributed by atoms with E-state index >= 15 is 0 Å². The quantitative estimate of drug-likeness (QED) is 0.820. The minimum absolute atomic E-state index is 0.256. The van der Waals surface area contributed by atoms with E-state index in [4.69, 9.17) is 10.8 Å². The molecule has 0 unspecified atom stereocenters. The Morgan fingerprint density at radius 3 is 2.71 bits per heavy atom.